The summed E-state index contributed by atoms with van der Waals surface area (Å²) in [5.74, 6) is -1.76. The van der Waals surface area contributed by atoms with Gasteiger partial charge in [0.2, 0.25) is 5.78 Å². The van der Waals surface area contributed by atoms with E-state index in [1.807, 2.05) is 0 Å². The Morgan fingerprint density at radius 3 is 2.55 bits per heavy atom. The van der Waals surface area contributed by atoms with Gasteiger partial charge in [-0.05, 0) is 24.3 Å². The SMILES string of the molecule is O=C(OCC(=O)c1ccc(O)cc1O)c1ccc(Cl)s1. The molecule has 1 heterocycles. The Morgan fingerprint density at radius 1 is 1.20 bits per heavy atom. The number of ether oxygens (including phenoxy) is 1. The zero-order valence-corrected chi connectivity index (χ0v) is 11.6. The third-order valence-electron chi connectivity index (χ3n) is 2.39. The first-order valence-electron chi connectivity index (χ1n) is 5.45. The Balaban J connectivity index is 2.00. The lowest BCUT2D eigenvalue weighted by molar-refractivity contribution is 0.0478. The number of aromatic hydroxyl groups is 2. The van der Waals surface area contributed by atoms with Crippen molar-refractivity contribution < 1.29 is 24.5 Å². The fraction of sp³-hybridized carbons (Fsp3) is 0.0769. The van der Waals surface area contributed by atoms with Crippen molar-refractivity contribution in [3.63, 3.8) is 0 Å². The topological polar surface area (TPSA) is 83.8 Å². The number of phenols is 2. The number of hydrogen-bond acceptors (Lipinski definition) is 6. The summed E-state index contributed by atoms with van der Waals surface area (Å²) in [7, 11) is 0. The van der Waals surface area contributed by atoms with E-state index in [9.17, 15) is 14.7 Å². The number of phenolic OH excluding ortho intramolecular Hbond substituents is 2. The van der Waals surface area contributed by atoms with Gasteiger partial charge in [-0.1, -0.05) is 11.6 Å². The molecule has 0 saturated heterocycles. The van der Waals surface area contributed by atoms with Gasteiger partial charge in [0.15, 0.2) is 6.61 Å². The number of ketones is 1. The second-order valence-corrected chi connectivity index (χ2v) is 5.52. The normalized spacial score (nSPS) is 10.2. The minimum Gasteiger partial charge on any atom is -0.508 e. The van der Waals surface area contributed by atoms with Crippen LogP contribution in [0.2, 0.25) is 4.34 Å². The number of carbonyl (C=O) groups excluding carboxylic acids is 2. The monoisotopic (exact) mass is 312 g/mol. The maximum atomic E-state index is 11.8. The number of thiophene rings is 1. The number of benzene rings is 1. The van der Waals surface area contributed by atoms with Crippen molar-refractivity contribution in [3.05, 3.63) is 45.1 Å². The van der Waals surface area contributed by atoms with Gasteiger partial charge in [0.1, 0.15) is 16.4 Å². The number of esters is 1. The zero-order valence-electron chi connectivity index (χ0n) is 10.00. The summed E-state index contributed by atoms with van der Waals surface area (Å²) >= 11 is 6.73. The fourth-order valence-electron chi connectivity index (χ4n) is 1.46. The summed E-state index contributed by atoms with van der Waals surface area (Å²) < 4.78 is 5.28. The predicted molar refractivity (Wildman–Crippen MR) is 73.7 cm³/mol. The average Bonchev–Trinajstić information content (AvgIpc) is 2.82. The Morgan fingerprint density at radius 2 is 1.95 bits per heavy atom. The Kier molecular flexibility index (Phi) is 4.26. The molecule has 0 aliphatic carbocycles. The molecule has 1 aromatic heterocycles. The van der Waals surface area contributed by atoms with Crippen molar-refractivity contribution in [1.82, 2.24) is 0 Å². The molecule has 1 aromatic carbocycles. The zero-order chi connectivity index (χ0) is 14.7. The second-order valence-electron chi connectivity index (χ2n) is 3.80. The molecule has 0 radical (unpaired) electrons. The highest BCUT2D eigenvalue weighted by molar-refractivity contribution is 7.17. The van der Waals surface area contributed by atoms with Crippen LogP contribution in [0.25, 0.3) is 0 Å². The number of Topliss-reactive ketones (excluding diaryl/α,β-unsaturated/α-hetero) is 1. The molecule has 0 amide bonds. The molecule has 0 aliphatic rings. The van der Waals surface area contributed by atoms with E-state index in [4.69, 9.17) is 21.4 Å². The van der Waals surface area contributed by atoms with E-state index in [2.05, 4.69) is 0 Å². The Labute approximate surface area is 123 Å². The first kappa shape index (κ1) is 14.4. The molecule has 2 rings (SSSR count). The van der Waals surface area contributed by atoms with E-state index < -0.39 is 18.4 Å². The number of hydrogen-bond donors (Lipinski definition) is 2. The van der Waals surface area contributed by atoms with Gasteiger partial charge in [-0.3, -0.25) is 4.79 Å². The molecule has 2 N–H and O–H groups in total. The molecule has 0 spiro atoms. The quantitative estimate of drug-likeness (QED) is 0.670. The van der Waals surface area contributed by atoms with Crippen LogP contribution < -0.4 is 0 Å². The van der Waals surface area contributed by atoms with Gasteiger partial charge in [0, 0.05) is 6.07 Å². The lowest BCUT2D eigenvalue weighted by atomic mass is 10.1. The molecule has 5 nitrogen and oxygen atoms in total. The molecule has 0 unspecified atom stereocenters. The van der Waals surface area contributed by atoms with Gasteiger partial charge in [-0.25, -0.2) is 4.79 Å². The Bertz CT molecular complexity index is 665. The molecule has 0 fully saturated rings. The van der Waals surface area contributed by atoms with Crippen LogP contribution in [0.1, 0.15) is 20.0 Å². The van der Waals surface area contributed by atoms with Crippen LogP contribution in [0, 0.1) is 0 Å². The molecule has 2 aromatic rings. The van der Waals surface area contributed by atoms with Crippen molar-refractivity contribution in [3.8, 4) is 11.5 Å². The van der Waals surface area contributed by atoms with Crippen molar-refractivity contribution in [1.29, 1.82) is 0 Å². The van der Waals surface area contributed by atoms with Gasteiger partial charge in [-0.15, -0.1) is 11.3 Å². The van der Waals surface area contributed by atoms with E-state index >= 15 is 0 Å². The molecule has 104 valence electrons. The largest absolute Gasteiger partial charge is 0.508 e. The van der Waals surface area contributed by atoms with E-state index in [0.29, 0.717) is 4.34 Å². The highest BCUT2D eigenvalue weighted by Crippen LogP contribution is 2.24. The van der Waals surface area contributed by atoms with Gasteiger partial charge in [-0.2, -0.15) is 0 Å². The van der Waals surface area contributed by atoms with Gasteiger partial charge < -0.3 is 14.9 Å². The van der Waals surface area contributed by atoms with E-state index in [1.165, 1.54) is 18.2 Å². The van der Waals surface area contributed by atoms with Crippen LogP contribution in [0.15, 0.2) is 30.3 Å². The van der Waals surface area contributed by atoms with Crippen molar-refractivity contribution >= 4 is 34.7 Å². The summed E-state index contributed by atoms with van der Waals surface area (Å²) in [6.45, 7) is -0.507. The fourth-order valence-corrected chi connectivity index (χ4v) is 2.40. The summed E-state index contributed by atoms with van der Waals surface area (Å²) in [4.78, 5) is 23.7. The molecule has 0 atom stereocenters. The predicted octanol–water partition coefficient (Wildman–Crippen LogP) is 2.85. The van der Waals surface area contributed by atoms with E-state index in [0.717, 1.165) is 17.4 Å². The summed E-state index contributed by atoms with van der Waals surface area (Å²) in [5.41, 5.74) is -0.0280. The highest BCUT2D eigenvalue weighted by atomic mass is 35.5. The van der Waals surface area contributed by atoms with Crippen LogP contribution in [0.5, 0.6) is 11.5 Å². The summed E-state index contributed by atoms with van der Waals surface area (Å²) in [6, 6.07) is 6.60. The van der Waals surface area contributed by atoms with E-state index in [-0.39, 0.29) is 21.9 Å². The van der Waals surface area contributed by atoms with Gasteiger partial charge in [0.05, 0.1) is 9.90 Å². The lowest BCUT2D eigenvalue weighted by Crippen LogP contribution is -2.13. The first-order valence-corrected chi connectivity index (χ1v) is 6.64. The minimum atomic E-state index is -0.659. The molecule has 7 heteroatoms. The van der Waals surface area contributed by atoms with Crippen molar-refractivity contribution in [2.24, 2.45) is 0 Å². The maximum absolute atomic E-state index is 11.8. The summed E-state index contributed by atoms with van der Waals surface area (Å²) in [6.07, 6.45) is 0. The average molecular weight is 313 g/mol. The van der Waals surface area contributed by atoms with Crippen molar-refractivity contribution in [2.75, 3.05) is 6.61 Å². The highest BCUT2D eigenvalue weighted by Gasteiger charge is 2.16. The molecular formula is C13H9ClO5S. The molecule has 20 heavy (non-hydrogen) atoms. The molecule has 0 bridgehead atoms. The third kappa shape index (κ3) is 3.28. The first-order chi connectivity index (χ1) is 9.47. The van der Waals surface area contributed by atoms with Crippen LogP contribution in [-0.4, -0.2) is 28.6 Å². The van der Waals surface area contributed by atoms with Crippen LogP contribution in [-0.2, 0) is 4.74 Å². The lowest BCUT2D eigenvalue weighted by Gasteiger charge is -2.05. The molecular weight excluding hydrogens is 304 g/mol. The smallest absolute Gasteiger partial charge is 0.348 e. The van der Waals surface area contributed by atoms with Gasteiger partial charge in [0.25, 0.3) is 0 Å². The number of rotatable bonds is 4. The van der Waals surface area contributed by atoms with Crippen LogP contribution >= 0.6 is 22.9 Å². The molecule has 0 aliphatic heterocycles. The Hall–Kier alpha value is -2.05. The standard InChI is InChI=1S/C13H9ClO5S/c14-12-4-3-11(20-12)13(18)19-6-10(17)8-2-1-7(15)5-9(8)16/h1-5,15-16H,6H2. The van der Waals surface area contributed by atoms with Crippen LogP contribution in [0.4, 0.5) is 0 Å². The second kappa shape index (κ2) is 5.94. The minimum absolute atomic E-state index is 0.0280. The summed E-state index contributed by atoms with van der Waals surface area (Å²) in [5, 5.41) is 18.6. The van der Waals surface area contributed by atoms with Crippen LogP contribution in [0.3, 0.4) is 0 Å². The van der Waals surface area contributed by atoms with Gasteiger partial charge >= 0.3 is 5.97 Å². The van der Waals surface area contributed by atoms with E-state index in [1.54, 1.807) is 6.07 Å². The van der Waals surface area contributed by atoms with Crippen molar-refractivity contribution in [2.45, 2.75) is 0 Å². The number of carbonyl (C=O) groups is 2. The molecule has 0 saturated carbocycles. The number of halogens is 1. The maximum Gasteiger partial charge on any atom is 0.348 e. The third-order valence-corrected chi connectivity index (χ3v) is 3.60.